The van der Waals surface area contributed by atoms with Crippen molar-refractivity contribution in [3.63, 3.8) is 0 Å². The molecule has 0 aliphatic heterocycles. The van der Waals surface area contributed by atoms with Crippen LogP contribution in [0, 0.1) is 17.0 Å². The minimum absolute atomic E-state index is 0.0109. The summed E-state index contributed by atoms with van der Waals surface area (Å²) >= 11 is 3.19. The third-order valence-electron chi connectivity index (χ3n) is 2.62. The number of pyridine rings is 1. The maximum atomic E-state index is 12.1. The van der Waals surface area contributed by atoms with Crippen molar-refractivity contribution >= 4 is 33.3 Å². The molecule has 0 aliphatic carbocycles. The van der Waals surface area contributed by atoms with Crippen molar-refractivity contribution in [2.75, 3.05) is 5.32 Å². The molecular formula is C13H10BrN3O3. The average Bonchev–Trinajstić information content (AvgIpc) is 2.37. The predicted molar refractivity (Wildman–Crippen MR) is 77.7 cm³/mol. The monoisotopic (exact) mass is 335 g/mol. The van der Waals surface area contributed by atoms with Crippen LogP contribution in [0.1, 0.15) is 15.9 Å². The Bertz CT molecular complexity index is 688. The molecular weight excluding hydrogens is 326 g/mol. The summed E-state index contributed by atoms with van der Waals surface area (Å²) < 4.78 is 0.564. The number of anilines is 1. The number of aryl methyl sites for hydroxylation is 1. The van der Waals surface area contributed by atoms with Crippen molar-refractivity contribution < 1.29 is 9.72 Å². The summed E-state index contributed by atoms with van der Waals surface area (Å²) in [6, 6.07) is 9.63. The molecule has 1 N–H and O–H groups in total. The Morgan fingerprint density at radius 1 is 1.30 bits per heavy atom. The van der Waals surface area contributed by atoms with Crippen LogP contribution in [0.3, 0.4) is 0 Å². The number of halogens is 1. The number of amides is 1. The van der Waals surface area contributed by atoms with Crippen molar-refractivity contribution in [1.82, 2.24) is 4.98 Å². The summed E-state index contributed by atoms with van der Waals surface area (Å²) in [5.74, 6) is -0.244. The number of nitrogens with zero attached hydrogens (tertiary/aromatic N) is 2. The third kappa shape index (κ3) is 3.00. The molecule has 0 saturated carbocycles. The quantitative estimate of drug-likeness (QED) is 0.529. The van der Waals surface area contributed by atoms with Gasteiger partial charge in [-0.25, -0.2) is 4.98 Å². The Hall–Kier alpha value is -2.28. The molecule has 1 aromatic carbocycles. The maximum Gasteiger partial charge on any atom is 0.285 e. The Morgan fingerprint density at radius 3 is 2.65 bits per heavy atom. The third-order valence-corrected chi connectivity index (χ3v) is 3.06. The highest BCUT2D eigenvalue weighted by Gasteiger charge is 2.22. The number of carbonyl (C=O) groups is 1. The highest BCUT2D eigenvalue weighted by atomic mass is 79.9. The fraction of sp³-hybridized carbons (Fsp3) is 0.0769. The standard InChI is InChI=1S/C13H10BrN3O3/c1-8-4-2-5-9(12(8)17(19)20)13(18)16-11-7-3-6-10(14)15-11/h2-7H,1H3,(H,15,16,18). The van der Waals surface area contributed by atoms with E-state index in [1.807, 2.05) is 0 Å². The summed E-state index contributed by atoms with van der Waals surface area (Å²) in [6.07, 6.45) is 0. The maximum absolute atomic E-state index is 12.1. The molecule has 20 heavy (non-hydrogen) atoms. The van der Waals surface area contributed by atoms with Gasteiger partial charge in [0.05, 0.1) is 4.92 Å². The van der Waals surface area contributed by atoms with Crippen LogP contribution < -0.4 is 5.32 Å². The zero-order valence-corrected chi connectivity index (χ0v) is 12.0. The van der Waals surface area contributed by atoms with Gasteiger partial charge in [-0.2, -0.15) is 0 Å². The predicted octanol–water partition coefficient (Wildman–Crippen LogP) is 3.31. The zero-order valence-electron chi connectivity index (χ0n) is 10.5. The Kier molecular flexibility index (Phi) is 4.09. The number of benzene rings is 1. The lowest BCUT2D eigenvalue weighted by atomic mass is 10.1. The van der Waals surface area contributed by atoms with E-state index in [0.717, 1.165) is 0 Å². The van der Waals surface area contributed by atoms with Crippen LogP contribution in [0.5, 0.6) is 0 Å². The molecule has 0 fully saturated rings. The second kappa shape index (κ2) is 5.79. The Balaban J connectivity index is 2.35. The van der Waals surface area contributed by atoms with Gasteiger partial charge in [-0.3, -0.25) is 14.9 Å². The highest BCUT2D eigenvalue weighted by Crippen LogP contribution is 2.24. The smallest absolute Gasteiger partial charge is 0.285 e. The van der Waals surface area contributed by atoms with Crippen LogP contribution in [0.2, 0.25) is 0 Å². The number of hydrogen-bond acceptors (Lipinski definition) is 4. The summed E-state index contributed by atoms with van der Waals surface area (Å²) in [5, 5.41) is 13.6. The van der Waals surface area contributed by atoms with E-state index in [2.05, 4.69) is 26.2 Å². The number of nitro groups is 1. The van der Waals surface area contributed by atoms with E-state index in [9.17, 15) is 14.9 Å². The molecule has 0 unspecified atom stereocenters. The van der Waals surface area contributed by atoms with E-state index in [-0.39, 0.29) is 11.3 Å². The van der Waals surface area contributed by atoms with Crippen LogP contribution in [0.4, 0.5) is 11.5 Å². The fourth-order valence-corrected chi connectivity index (χ4v) is 2.09. The normalized spacial score (nSPS) is 10.1. The summed E-state index contributed by atoms with van der Waals surface area (Å²) in [5.41, 5.74) is 0.252. The van der Waals surface area contributed by atoms with Crippen molar-refractivity contribution in [3.8, 4) is 0 Å². The van der Waals surface area contributed by atoms with Crippen molar-refractivity contribution in [1.29, 1.82) is 0 Å². The molecule has 1 aromatic heterocycles. The molecule has 0 radical (unpaired) electrons. The number of nitro benzene ring substituents is 1. The number of aromatic nitrogens is 1. The van der Waals surface area contributed by atoms with Gasteiger partial charge >= 0.3 is 0 Å². The molecule has 0 atom stereocenters. The first-order valence-corrected chi connectivity index (χ1v) is 6.46. The summed E-state index contributed by atoms with van der Waals surface area (Å²) in [6.45, 7) is 1.59. The first-order valence-electron chi connectivity index (χ1n) is 5.67. The van der Waals surface area contributed by atoms with Crippen molar-refractivity contribution in [2.24, 2.45) is 0 Å². The van der Waals surface area contributed by atoms with Gasteiger partial charge in [0.2, 0.25) is 0 Å². The van der Waals surface area contributed by atoms with E-state index < -0.39 is 10.8 Å². The van der Waals surface area contributed by atoms with Gasteiger partial charge in [0.1, 0.15) is 16.0 Å². The molecule has 2 rings (SSSR count). The van der Waals surface area contributed by atoms with E-state index in [1.54, 1.807) is 37.3 Å². The molecule has 0 saturated heterocycles. The lowest BCUT2D eigenvalue weighted by molar-refractivity contribution is -0.385. The molecule has 0 aliphatic rings. The van der Waals surface area contributed by atoms with Gasteiger partial charge in [-0.1, -0.05) is 18.2 Å². The minimum atomic E-state index is -0.564. The van der Waals surface area contributed by atoms with Gasteiger partial charge in [0, 0.05) is 5.56 Å². The molecule has 1 heterocycles. The lowest BCUT2D eigenvalue weighted by Crippen LogP contribution is -2.15. The molecule has 0 bridgehead atoms. The number of hydrogen-bond donors (Lipinski definition) is 1. The first kappa shape index (κ1) is 14.1. The second-order valence-corrected chi connectivity index (χ2v) is 4.84. The van der Waals surface area contributed by atoms with Crippen LogP contribution in [-0.2, 0) is 0 Å². The summed E-state index contributed by atoms with van der Waals surface area (Å²) in [7, 11) is 0. The summed E-state index contributed by atoms with van der Waals surface area (Å²) in [4.78, 5) is 26.7. The van der Waals surface area contributed by atoms with Gasteiger partial charge < -0.3 is 5.32 Å². The van der Waals surface area contributed by atoms with Crippen LogP contribution >= 0.6 is 15.9 Å². The minimum Gasteiger partial charge on any atom is -0.306 e. The van der Waals surface area contributed by atoms with Crippen LogP contribution in [-0.4, -0.2) is 15.8 Å². The van der Waals surface area contributed by atoms with Crippen molar-refractivity contribution in [3.05, 3.63) is 62.2 Å². The molecule has 0 spiro atoms. The van der Waals surface area contributed by atoms with Crippen LogP contribution in [0.25, 0.3) is 0 Å². The highest BCUT2D eigenvalue weighted by molar-refractivity contribution is 9.10. The van der Waals surface area contributed by atoms with Gasteiger partial charge in [0.25, 0.3) is 11.6 Å². The first-order chi connectivity index (χ1) is 9.49. The van der Waals surface area contributed by atoms with Gasteiger partial charge in [-0.15, -0.1) is 0 Å². The van der Waals surface area contributed by atoms with Crippen molar-refractivity contribution in [2.45, 2.75) is 6.92 Å². The van der Waals surface area contributed by atoms with Crippen LogP contribution in [0.15, 0.2) is 41.0 Å². The largest absolute Gasteiger partial charge is 0.306 e. The molecule has 7 heteroatoms. The molecule has 1 amide bonds. The number of rotatable bonds is 3. The number of para-hydroxylation sites is 1. The zero-order chi connectivity index (χ0) is 14.7. The average molecular weight is 336 g/mol. The SMILES string of the molecule is Cc1cccc(C(=O)Nc2cccc(Br)n2)c1[N+](=O)[O-]. The van der Waals surface area contributed by atoms with E-state index in [4.69, 9.17) is 0 Å². The second-order valence-electron chi connectivity index (χ2n) is 4.03. The molecule has 6 nitrogen and oxygen atoms in total. The van der Waals surface area contributed by atoms with E-state index >= 15 is 0 Å². The molecule has 102 valence electrons. The fourth-order valence-electron chi connectivity index (χ4n) is 1.75. The Labute approximate surface area is 123 Å². The molecule has 2 aromatic rings. The number of carbonyl (C=O) groups excluding carboxylic acids is 1. The lowest BCUT2D eigenvalue weighted by Gasteiger charge is -2.06. The Morgan fingerprint density at radius 2 is 2.00 bits per heavy atom. The topological polar surface area (TPSA) is 85.1 Å². The van der Waals surface area contributed by atoms with Gasteiger partial charge in [0.15, 0.2) is 0 Å². The van der Waals surface area contributed by atoms with E-state index in [0.29, 0.717) is 16.0 Å². The van der Waals surface area contributed by atoms with E-state index in [1.165, 1.54) is 6.07 Å². The number of nitrogens with one attached hydrogen (secondary N) is 1. The van der Waals surface area contributed by atoms with Gasteiger partial charge in [-0.05, 0) is 41.1 Å².